The Morgan fingerprint density at radius 1 is 0.778 bits per heavy atom. The van der Waals surface area contributed by atoms with E-state index >= 15 is 0 Å². The van der Waals surface area contributed by atoms with E-state index < -0.39 is 0 Å². The average Bonchev–Trinajstić information content (AvgIpc) is 2.68. The molecule has 0 aliphatic carbocycles. The molecule has 4 rings (SSSR count). The zero-order valence-electron chi connectivity index (χ0n) is 15.1. The maximum atomic E-state index is 6.22. The van der Waals surface area contributed by atoms with Crippen LogP contribution in [0, 0.1) is 13.8 Å². The molecule has 1 heterocycles. The Labute approximate surface area is 157 Å². The minimum Gasteiger partial charge on any atom is -0.437 e. The number of hydrogen-bond donors (Lipinski definition) is 1. The van der Waals surface area contributed by atoms with E-state index in [4.69, 9.17) is 15.2 Å². The van der Waals surface area contributed by atoms with Crippen LogP contribution in [-0.4, -0.2) is 9.97 Å². The lowest BCUT2D eigenvalue weighted by atomic mass is 10.1. The molecule has 5 heteroatoms. The van der Waals surface area contributed by atoms with Crippen molar-refractivity contribution in [1.82, 2.24) is 9.97 Å². The van der Waals surface area contributed by atoms with Crippen molar-refractivity contribution in [3.63, 3.8) is 0 Å². The summed E-state index contributed by atoms with van der Waals surface area (Å²) in [5, 5.41) is 2.06. The van der Waals surface area contributed by atoms with Crippen LogP contribution < -0.4 is 15.2 Å². The molecular weight excluding hydrogens is 338 g/mol. The van der Waals surface area contributed by atoms with Crippen molar-refractivity contribution in [1.29, 1.82) is 0 Å². The van der Waals surface area contributed by atoms with Gasteiger partial charge in [0.1, 0.15) is 17.8 Å². The van der Waals surface area contributed by atoms with Crippen LogP contribution in [-0.2, 0) is 0 Å². The van der Waals surface area contributed by atoms with E-state index in [9.17, 15) is 0 Å². The lowest BCUT2D eigenvalue weighted by Crippen LogP contribution is -2.01. The Morgan fingerprint density at radius 2 is 1.52 bits per heavy atom. The second-order valence-corrected chi connectivity index (χ2v) is 6.33. The molecule has 0 aliphatic rings. The van der Waals surface area contributed by atoms with Crippen LogP contribution in [0.1, 0.15) is 11.1 Å². The monoisotopic (exact) mass is 357 g/mol. The molecule has 0 radical (unpaired) electrons. The van der Waals surface area contributed by atoms with E-state index in [2.05, 4.69) is 9.97 Å². The van der Waals surface area contributed by atoms with E-state index in [-0.39, 0.29) is 17.4 Å². The number of benzene rings is 3. The van der Waals surface area contributed by atoms with Crippen LogP contribution in [0.2, 0.25) is 0 Å². The van der Waals surface area contributed by atoms with Gasteiger partial charge in [0, 0.05) is 5.39 Å². The number of nitrogen functional groups attached to an aromatic ring is 1. The molecule has 0 unspecified atom stereocenters. The zero-order chi connectivity index (χ0) is 18.8. The van der Waals surface area contributed by atoms with Crippen molar-refractivity contribution in [3.8, 4) is 23.3 Å². The molecule has 3 aromatic carbocycles. The molecule has 1 aromatic heterocycles. The van der Waals surface area contributed by atoms with E-state index in [0.29, 0.717) is 11.5 Å². The van der Waals surface area contributed by atoms with Gasteiger partial charge in [0.2, 0.25) is 11.8 Å². The molecule has 0 saturated carbocycles. The van der Waals surface area contributed by atoms with Gasteiger partial charge in [-0.25, -0.2) is 0 Å². The standard InChI is InChI=1S/C22H19N3O2/c1-14-10-11-17(12-15(14)2)26-21-20(23)22(25-13-24-21)27-19-9-5-7-16-6-3-4-8-18(16)19/h3-13H,23H2,1-2H3. The number of fused-ring (bicyclic) bond motifs is 1. The number of hydrogen-bond acceptors (Lipinski definition) is 5. The molecule has 5 nitrogen and oxygen atoms in total. The van der Waals surface area contributed by atoms with Crippen molar-refractivity contribution in [2.75, 3.05) is 5.73 Å². The second kappa shape index (κ2) is 6.96. The molecule has 0 aliphatic heterocycles. The number of nitrogens with two attached hydrogens (primary N) is 1. The van der Waals surface area contributed by atoms with Crippen molar-refractivity contribution in [2.45, 2.75) is 13.8 Å². The molecule has 0 saturated heterocycles. The maximum absolute atomic E-state index is 6.22. The lowest BCUT2D eigenvalue weighted by molar-refractivity contribution is 0.440. The maximum Gasteiger partial charge on any atom is 0.249 e. The Kier molecular flexibility index (Phi) is 4.34. The lowest BCUT2D eigenvalue weighted by Gasteiger charge is -2.13. The number of anilines is 1. The van der Waals surface area contributed by atoms with Crippen LogP contribution >= 0.6 is 0 Å². The molecule has 134 valence electrons. The summed E-state index contributed by atoms with van der Waals surface area (Å²) >= 11 is 0. The largest absolute Gasteiger partial charge is 0.437 e. The van der Waals surface area contributed by atoms with Crippen molar-refractivity contribution in [2.24, 2.45) is 0 Å². The van der Waals surface area contributed by atoms with Crippen molar-refractivity contribution < 1.29 is 9.47 Å². The van der Waals surface area contributed by atoms with E-state index in [1.165, 1.54) is 11.9 Å². The highest BCUT2D eigenvalue weighted by Crippen LogP contribution is 2.36. The third kappa shape index (κ3) is 3.40. The number of nitrogens with zero attached hydrogens (tertiary/aromatic N) is 2. The van der Waals surface area contributed by atoms with E-state index in [1.807, 2.05) is 74.5 Å². The summed E-state index contributed by atoms with van der Waals surface area (Å²) in [6, 6.07) is 19.6. The zero-order valence-corrected chi connectivity index (χ0v) is 15.1. The first kappa shape index (κ1) is 16.8. The predicted octanol–water partition coefficient (Wildman–Crippen LogP) is 5.41. The molecule has 0 amide bonds. The predicted molar refractivity (Wildman–Crippen MR) is 106 cm³/mol. The Balaban J connectivity index is 1.66. The number of aryl methyl sites for hydroxylation is 2. The van der Waals surface area contributed by atoms with Crippen LogP contribution in [0.3, 0.4) is 0 Å². The molecule has 0 atom stereocenters. The smallest absolute Gasteiger partial charge is 0.249 e. The van der Waals surface area contributed by atoms with Crippen LogP contribution in [0.5, 0.6) is 23.3 Å². The molecular formula is C22H19N3O2. The third-order valence-corrected chi connectivity index (χ3v) is 4.46. The summed E-state index contributed by atoms with van der Waals surface area (Å²) in [4.78, 5) is 8.33. The van der Waals surface area contributed by atoms with Gasteiger partial charge in [0.05, 0.1) is 0 Å². The fraction of sp³-hybridized carbons (Fsp3) is 0.0909. The summed E-state index contributed by atoms with van der Waals surface area (Å²) in [5.41, 5.74) is 8.79. The van der Waals surface area contributed by atoms with Gasteiger partial charge in [-0.15, -0.1) is 0 Å². The molecule has 4 aromatic rings. The Morgan fingerprint density at radius 3 is 2.33 bits per heavy atom. The second-order valence-electron chi connectivity index (χ2n) is 6.33. The number of ether oxygens (including phenoxy) is 2. The van der Waals surface area contributed by atoms with Crippen LogP contribution in [0.25, 0.3) is 10.8 Å². The Hall–Kier alpha value is -3.60. The van der Waals surface area contributed by atoms with Crippen molar-refractivity contribution in [3.05, 3.63) is 78.1 Å². The molecule has 0 bridgehead atoms. The first-order chi connectivity index (χ1) is 13.1. The summed E-state index contributed by atoms with van der Waals surface area (Å²) in [5.74, 6) is 1.87. The molecule has 27 heavy (non-hydrogen) atoms. The normalized spacial score (nSPS) is 10.7. The quantitative estimate of drug-likeness (QED) is 0.528. The highest BCUT2D eigenvalue weighted by atomic mass is 16.5. The summed E-state index contributed by atoms with van der Waals surface area (Å²) in [6.07, 6.45) is 1.38. The van der Waals surface area contributed by atoms with E-state index in [0.717, 1.165) is 16.3 Å². The van der Waals surface area contributed by atoms with E-state index in [1.54, 1.807) is 0 Å². The first-order valence-electron chi connectivity index (χ1n) is 8.63. The summed E-state index contributed by atoms with van der Waals surface area (Å²) in [7, 11) is 0. The topological polar surface area (TPSA) is 70.3 Å². The van der Waals surface area contributed by atoms with Gasteiger partial charge < -0.3 is 15.2 Å². The van der Waals surface area contributed by atoms with Gasteiger partial charge in [-0.05, 0) is 48.6 Å². The van der Waals surface area contributed by atoms with Gasteiger partial charge in [-0.3, -0.25) is 0 Å². The molecule has 2 N–H and O–H groups in total. The fourth-order valence-electron chi connectivity index (χ4n) is 2.80. The minimum atomic E-state index is 0.253. The first-order valence-corrected chi connectivity index (χ1v) is 8.63. The summed E-state index contributed by atoms with van der Waals surface area (Å²) < 4.78 is 11.8. The fourth-order valence-corrected chi connectivity index (χ4v) is 2.80. The van der Waals surface area contributed by atoms with Crippen LogP contribution in [0.15, 0.2) is 67.0 Å². The third-order valence-electron chi connectivity index (χ3n) is 4.46. The summed E-state index contributed by atoms with van der Waals surface area (Å²) in [6.45, 7) is 4.08. The van der Waals surface area contributed by atoms with Gasteiger partial charge in [0.15, 0.2) is 5.69 Å². The average molecular weight is 357 g/mol. The number of rotatable bonds is 4. The highest BCUT2D eigenvalue weighted by molar-refractivity contribution is 5.88. The molecule has 0 spiro atoms. The minimum absolute atomic E-state index is 0.253. The SMILES string of the molecule is Cc1ccc(Oc2ncnc(Oc3cccc4ccccc34)c2N)cc1C. The molecule has 0 fully saturated rings. The van der Waals surface area contributed by atoms with Crippen molar-refractivity contribution >= 4 is 16.5 Å². The van der Waals surface area contributed by atoms with Gasteiger partial charge in [-0.2, -0.15) is 9.97 Å². The highest BCUT2D eigenvalue weighted by Gasteiger charge is 2.14. The van der Waals surface area contributed by atoms with Gasteiger partial charge in [-0.1, -0.05) is 42.5 Å². The number of aromatic nitrogens is 2. The van der Waals surface area contributed by atoms with Crippen LogP contribution in [0.4, 0.5) is 5.69 Å². The van der Waals surface area contributed by atoms with Gasteiger partial charge >= 0.3 is 0 Å². The Bertz CT molecular complexity index is 1120. The van der Waals surface area contributed by atoms with Gasteiger partial charge in [0.25, 0.3) is 0 Å².